The largest absolute Gasteiger partial charge is 0.383 e. The lowest BCUT2D eigenvalue weighted by Crippen LogP contribution is -2.07. The molecular weight excluding hydrogens is 154 g/mol. The summed E-state index contributed by atoms with van der Waals surface area (Å²) < 4.78 is 1.46. The number of nitrogens with two attached hydrogens (primary N) is 2. The zero-order chi connectivity index (χ0) is 9.30. The molecule has 0 saturated carbocycles. The highest BCUT2D eigenvalue weighted by atomic mass is 15.3. The minimum Gasteiger partial charge on any atom is -0.383 e. The van der Waals surface area contributed by atoms with E-state index in [1.54, 1.807) is 14.0 Å². The standard InChI is InChI=1S/C7H11N5/c1-4(9)6-5(3-8)7(10)12(2)11-6/h4H,9-10H2,1-2H3/t4-/m0/s1. The third-order valence-corrected chi connectivity index (χ3v) is 1.66. The summed E-state index contributed by atoms with van der Waals surface area (Å²) in [6.45, 7) is 1.77. The van der Waals surface area contributed by atoms with Gasteiger partial charge in [0, 0.05) is 13.1 Å². The zero-order valence-electron chi connectivity index (χ0n) is 7.07. The van der Waals surface area contributed by atoms with Crippen molar-refractivity contribution >= 4 is 5.82 Å². The van der Waals surface area contributed by atoms with E-state index in [1.807, 2.05) is 6.07 Å². The Bertz CT molecular complexity index is 330. The first kappa shape index (κ1) is 8.56. The fourth-order valence-corrected chi connectivity index (χ4v) is 0.992. The van der Waals surface area contributed by atoms with Gasteiger partial charge in [0.1, 0.15) is 17.5 Å². The molecule has 64 valence electrons. The molecule has 1 aromatic heterocycles. The van der Waals surface area contributed by atoms with Crippen LogP contribution in [0.5, 0.6) is 0 Å². The molecule has 0 radical (unpaired) electrons. The van der Waals surface area contributed by atoms with Gasteiger partial charge < -0.3 is 11.5 Å². The molecule has 5 nitrogen and oxygen atoms in total. The zero-order valence-corrected chi connectivity index (χ0v) is 7.07. The van der Waals surface area contributed by atoms with Gasteiger partial charge in [0.25, 0.3) is 0 Å². The lowest BCUT2D eigenvalue weighted by atomic mass is 10.1. The van der Waals surface area contributed by atoms with Crippen molar-refractivity contribution < 1.29 is 0 Å². The van der Waals surface area contributed by atoms with Crippen LogP contribution in [0.15, 0.2) is 0 Å². The van der Waals surface area contributed by atoms with E-state index in [9.17, 15) is 0 Å². The Morgan fingerprint density at radius 3 is 2.58 bits per heavy atom. The van der Waals surface area contributed by atoms with Crippen molar-refractivity contribution in [2.45, 2.75) is 13.0 Å². The topological polar surface area (TPSA) is 93.7 Å². The monoisotopic (exact) mass is 165 g/mol. The number of aryl methyl sites for hydroxylation is 1. The minimum atomic E-state index is -0.261. The van der Waals surface area contributed by atoms with Crippen molar-refractivity contribution in [3.05, 3.63) is 11.3 Å². The summed E-state index contributed by atoms with van der Waals surface area (Å²) in [7, 11) is 1.68. The van der Waals surface area contributed by atoms with E-state index in [0.29, 0.717) is 17.1 Å². The molecule has 0 amide bonds. The molecule has 1 rings (SSSR count). The van der Waals surface area contributed by atoms with Crippen molar-refractivity contribution in [1.29, 1.82) is 5.26 Å². The lowest BCUT2D eigenvalue weighted by molar-refractivity contribution is 0.703. The minimum absolute atomic E-state index is 0.261. The quantitative estimate of drug-likeness (QED) is 0.607. The van der Waals surface area contributed by atoms with Crippen molar-refractivity contribution in [2.75, 3.05) is 5.73 Å². The lowest BCUT2D eigenvalue weighted by Gasteiger charge is -1.98. The van der Waals surface area contributed by atoms with E-state index in [1.165, 1.54) is 4.68 Å². The summed E-state index contributed by atoms with van der Waals surface area (Å²) in [5, 5.41) is 12.7. The molecule has 0 bridgehead atoms. The van der Waals surface area contributed by atoms with Gasteiger partial charge in [-0.25, -0.2) is 0 Å². The molecule has 0 aliphatic heterocycles. The first-order chi connectivity index (χ1) is 5.57. The number of aromatic nitrogens is 2. The Balaban J connectivity index is 3.32. The van der Waals surface area contributed by atoms with Gasteiger partial charge in [-0.15, -0.1) is 0 Å². The number of anilines is 1. The van der Waals surface area contributed by atoms with Gasteiger partial charge in [-0.3, -0.25) is 4.68 Å². The van der Waals surface area contributed by atoms with E-state index in [2.05, 4.69) is 5.10 Å². The van der Waals surface area contributed by atoms with Crippen LogP contribution >= 0.6 is 0 Å². The predicted octanol–water partition coefficient (Wildman–Crippen LogP) is -0.106. The number of hydrogen-bond donors (Lipinski definition) is 2. The number of rotatable bonds is 1. The molecule has 12 heavy (non-hydrogen) atoms. The number of nitriles is 1. The average Bonchev–Trinajstić information content (AvgIpc) is 2.29. The molecule has 0 fully saturated rings. The molecular formula is C7H11N5. The number of hydrogen-bond acceptors (Lipinski definition) is 4. The van der Waals surface area contributed by atoms with Crippen molar-refractivity contribution in [3.63, 3.8) is 0 Å². The van der Waals surface area contributed by atoms with E-state index < -0.39 is 0 Å². The Hall–Kier alpha value is -1.54. The van der Waals surface area contributed by atoms with Crippen molar-refractivity contribution in [1.82, 2.24) is 9.78 Å². The summed E-state index contributed by atoms with van der Waals surface area (Å²) in [5.41, 5.74) is 12.1. The van der Waals surface area contributed by atoms with Crippen LogP contribution in [-0.4, -0.2) is 9.78 Å². The fourth-order valence-electron chi connectivity index (χ4n) is 0.992. The highest BCUT2D eigenvalue weighted by Gasteiger charge is 2.15. The predicted molar refractivity (Wildman–Crippen MR) is 44.9 cm³/mol. The molecule has 1 aromatic rings. The van der Waals surface area contributed by atoms with Crippen molar-refractivity contribution in [2.24, 2.45) is 12.8 Å². The molecule has 4 N–H and O–H groups in total. The summed E-state index contributed by atoms with van der Waals surface area (Å²) >= 11 is 0. The second kappa shape index (κ2) is 2.83. The van der Waals surface area contributed by atoms with Crippen LogP contribution in [0.3, 0.4) is 0 Å². The number of nitrogen functional groups attached to an aromatic ring is 1. The second-order valence-electron chi connectivity index (χ2n) is 2.67. The van der Waals surface area contributed by atoms with E-state index in [-0.39, 0.29) is 6.04 Å². The highest BCUT2D eigenvalue weighted by molar-refractivity contribution is 5.52. The van der Waals surface area contributed by atoms with Gasteiger partial charge in [-0.2, -0.15) is 10.4 Å². The second-order valence-corrected chi connectivity index (χ2v) is 2.67. The summed E-state index contributed by atoms with van der Waals surface area (Å²) in [6.07, 6.45) is 0. The maximum Gasteiger partial charge on any atom is 0.139 e. The van der Waals surface area contributed by atoms with Crippen LogP contribution in [0.4, 0.5) is 5.82 Å². The van der Waals surface area contributed by atoms with Gasteiger partial charge in [-0.05, 0) is 6.92 Å². The van der Waals surface area contributed by atoms with Crippen LogP contribution < -0.4 is 11.5 Å². The molecule has 1 heterocycles. The Morgan fingerprint density at radius 1 is 1.67 bits per heavy atom. The van der Waals surface area contributed by atoms with Crippen LogP contribution in [0.1, 0.15) is 24.2 Å². The molecule has 0 spiro atoms. The molecule has 0 aliphatic rings. The van der Waals surface area contributed by atoms with Gasteiger partial charge in [-0.1, -0.05) is 0 Å². The van der Waals surface area contributed by atoms with Gasteiger partial charge in [0.05, 0.1) is 5.69 Å². The van der Waals surface area contributed by atoms with Crippen LogP contribution in [-0.2, 0) is 7.05 Å². The third-order valence-electron chi connectivity index (χ3n) is 1.66. The van der Waals surface area contributed by atoms with E-state index in [0.717, 1.165) is 0 Å². The maximum absolute atomic E-state index is 8.72. The molecule has 0 unspecified atom stereocenters. The van der Waals surface area contributed by atoms with E-state index in [4.69, 9.17) is 16.7 Å². The highest BCUT2D eigenvalue weighted by Crippen LogP contribution is 2.18. The average molecular weight is 165 g/mol. The Kier molecular flexibility index (Phi) is 2.02. The van der Waals surface area contributed by atoms with Gasteiger partial charge in [0.15, 0.2) is 0 Å². The smallest absolute Gasteiger partial charge is 0.139 e. The summed E-state index contributed by atoms with van der Waals surface area (Å²) in [4.78, 5) is 0. The number of nitrogens with zero attached hydrogens (tertiary/aromatic N) is 3. The van der Waals surface area contributed by atoms with Crippen LogP contribution in [0.2, 0.25) is 0 Å². The molecule has 0 aromatic carbocycles. The first-order valence-corrected chi connectivity index (χ1v) is 3.56. The fraction of sp³-hybridized carbons (Fsp3) is 0.429. The summed E-state index contributed by atoms with van der Waals surface area (Å²) in [6, 6.07) is 1.72. The maximum atomic E-state index is 8.72. The third kappa shape index (κ3) is 1.12. The SMILES string of the molecule is C[C@H](N)c1nn(C)c(N)c1C#N. The van der Waals surface area contributed by atoms with Gasteiger partial charge in [0.2, 0.25) is 0 Å². The molecule has 1 atom stereocenters. The van der Waals surface area contributed by atoms with E-state index >= 15 is 0 Å². The molecule has 0 aliphatic carbocycles. The van der Waals surface area contributed by atoms with Crippen molar-refractivity contribution in [3.8, 4) is 6.07 Å². The van der Waals surface area contributed by atoms with Crippen LogP contribution in [0.25, 0.3) is 0 Å². The Labute approximate surface area is 70.6 Å². The normalized spacial score (nSPS) is 12.5. The Morgan fingerprint density at radius 2 is 2.25 bits per heavy atom. The summed E-state index contributed by atoms with van der Waals surface area (Å²) in [5.74, 6) is 0.366. The van der Waals surface area contributed by atoms with Gasteiger partial charge >= 0.3 is 0 Å². The first-order valence-electron chi connectivity index (χ1n) is 3.56. The molecule has 0 saturated heterocycles. The van der Waals surface area contributed by atoms with Crippen LogP contribution in [0, 0.1) is 11.3 Å². The molecule has 5 heteroatoms.